The predicted octanol–water partition coefficient (Wildman–Crippen LogP) is 2.09. The summed E-state index contributed by atoms with van der Waals surface area (Å²) in [5.41, 5.74) is 6.27. The highest BCUT2D eigenvalue weighted by atomic mass is 15.1. The summed E-state index contributed by atoms with van der Waals surface area (Å²) in [6, 6.07) is 0. The summed E-state index contributed by atoms with van der Waals surface area (Å²) in [6.07, 6.45) is 5.21. The molecule has 84 valence electrons. The van der Waals surface area contributed by atoms with Crippen LogP contribution in [0.2, 0.25) is 0 Å². The van der Waals surface area contributed by atoms with Gasteiger partial charge in [0.05, 0.1) is 0 Å². The first kappa shape index (κ1) is 12.0. The molecule has 0 spiro atoms. The first-order chi connectivity index (χ1) is 6.64. The fourth-order valence-corrected chi connectivity index (χ4v) is 2.97. The van der Waals surface area contributed by atoms with Crippen LogP contribution in [0.15, 0.2) is 0 Å². The maximum atomic E-state index is 5.76. The summed E-state index contributed by atoms with van der Waals surface area (Å²) in [5, 5.41) is 0. The molecule has 0 aliphatic carbocycles. The molecular formula is C12H26N2. The van der Waals surface area contributed by atoms with E-state index in [0.29, 0.717) is 5.41 Å². The summed E-state index contributed by atoms with van der Waals surface area (Å²) in [6.45, 7) is 8.06. The molecule has 0 radical (unpaired) electrons. The molecule has 2 nitrogen and oxygen atoms in total. The molecule has 0 aromatic carbocycles. The monoisotopic (exact) mass is 198 g/mol. The summed E-state index contributed by atoms with van der Waals surface area (Å²) in [4.78, 5) is 2.48. The maximum Gasteiger partial charge on any atom is 0.00380 e. The second kappa shape index (κ2) is 5.13. The molecule has 0 aromatic rings. The third-order valence-electron chi connectivity index (χ3n) is 4.10. The van der Waals surface area contributed by atoms with Gasteiger partial charge in [-0.25, -0.2) is 0 Å². The Labute approximate surface area is 88.8 Å². The Morgan fingerprint density at radius 2 is 2.21 bits per heavy atom. The van der Waals surface area contributed by atoms with Gasteiger partial charge in [0.25, 0.3) is 0 Å². The van der Waals surface area contributed by atoms with Crippen molar-refractivity contribution >= 4 is 0 Å². The van der Waals surface area contributed by atoms with Crippen molar-refractivity contribution < 1.29 is 0 Å². The number of nitrogens with two attached hydrogens (primary N) is 1. The lowest BCUT2D eigenvalue weighted by molar-refractivity contribution is 0.0464. The Bertz CT molecular complexity index is 166. The lowest BCUT2D eigenvalue weighted by Crippen LogP contribution is -2.46. The van der Waals surface area contributed by atoms with E-state index in [1.165, 1.54) is 38.8 Å². The van der Waals surface area contributed by atoms with Gasteiger partial charge in [0.15, 0.2) is 0 Å². The fourth-order valence-electron chi connectivity index (χ4n) is 2.97. The van der Waals surface area contributed by atoms with Gasteiger partial charge in [-0.05, 0) is 50.7 Å². The van der Waals surface area contributed by atoms with Crippen molar-refractivity contribution in [2.75, 3.05) is 26.7 Å². The summed E-state index contributed by atoms with van der Waals surface area (Å²) >= 11 is 0. The van der Waals surface area contributed by atoms with Crippen molar-refractivity contribution in [2.45, 2.75) is 39.5 Å². The van der Waals surface area contributed by atoms with Crippen LogP contribution in [0.25, 0.3) is 0 Å². The van der Waals surface area contributed by atoms with Gasteiger partial charge in [-0.1, -0.05) is 20.3 Å². The summed E-state index contributed by atoms with van der Waals surface area (Å²) < 4.78 is 0. The van der Waals surface area contributed by atoms with Crippen LogP contribution in [0.5, 0.6) is 0 Å². The Balaban J connectivity index is 2.68. The molecule has 2 atom stereocenters. The Kier molecular flexibility index (Phi) is 4.39. The van der Waals surface area contributed by atoms with Crippen molar-refractivity contribution in [1.29, 1.82) is 0 Å². The molecule has 1 fully saturated rings. The van der Waals surface area contributed by atoms with Crippen molar-refractivity contribution in [3.8, 4) is 0 Å². The van der Waals surface area contributed by atoms with Crippen LogP contribution in [0, 0.1) is 11.3 Å². The number of likely N-dealkylation sites (tertiary alicyclic amines) is 1. The molecule has 1 aliphatic rings. The molecular weight excluding hydrogens is 172 g/mol. The minimum atomic E-state index is 0.510. The van der Waals surface area contributed by atoms with Crippen LogP contribution in [0.4, 0.5) is 0 Å². The highest BCUT2D eigenvalue weighted by molar-refractivity contribution is 4.89. The van der Waals surface area contributed by atoms with E-state index in [9.17, 15) is 0 Å². The van der Waals surface area contributed by atoms with Gasteiger partial charge in [-0.15, -0.1) is 0 Å². The Hall–Kier alpha value is -0.0800. The predicted molar refractivity (Wildman–Crippen MR) is 62.3 cm³/mol. The zero-order chi connectivity index (χ0) is 10.6. The van der Waals surface area contributed by atoms with Crippen LogP contribution >= 0.6 is 0 Å². The SMILES string of the molecule is CCC(C)C1(CCN)CCCN(C)C1. The molecule has 0 bridgehead atoms. The summed E-state index contributed by atoms with van der Waals surface area (Å²) in [7, 11) is 2.24. The zero-order valence-corrected chi connectivity index (χ0v) is 10.1. The third kappa shape index (κ3) is 2.48. The Morgan fingerprint density at radius 1 is 1.50 bits per heavy atom. The van der Waals surface area contributed by atoms with Crippen LogP contribution in [-0.2, 0) is 0 Å². The lowest BCUT2D eigenvalue weighted by Gasteiger charge is -2.45. The number of hydrogen-bond donors (Lipinski definition) is 1. The van der Waals surface area contributed by atoms with E-state index >= 15 is 0 Å². The molecule has 1 aliphatic heterocycles. The number of piperidine rings is 1. The maximum absolute atomic E-state index is 5.76. The first-order valence-corrected chi connectivity index (χ1v) is 6.03. The van der Waals surface area contributed by atoms with E-state index < -0.39 is 0 Å². The molecule has 2 N–H and O–H groups in total. The standard InChI is InChI=1S/C12H26N2/c1-4-11(2)12(7-8-13)6-5-9-14(3)10-12/h11H,4-10,13H2,1-3H3. The average Bonchev–Trinajstić information content (AvgIpc) is 2.17. The van der Waals surface area contributed by atoms with E-state index in [1.54, 1.807) is 0 Å². The van der Waals surface area contributed by atoms with Crippen molar-refractivity contribution in [2.24, 2.45) is 17.1 Å². The minimum Gasteiger partial charge on any atom is -0.330 e. The van der Waals surface area contributed by atoms with Gasteiger partial charge in [0.2, 0.25) is 0 Å². The molecule has 2 unspecified atom stereocenters. The normalized spacial score (nSPS) is 31.7. The van der Waals surface area contributed by atoms with Crippen molar-refractivity contribution in [1.82, 2.24) is 4.90 Å². The van der Waals surface area contributed by atoms with E-state index in [0.717, 1.165) is 12.5 Å². The van der Waals surface area contributed by atoms with E-state index in [1.807, 2.05) is 0 Å². The topological polar surface area (TPSA) is 29.3 Å². The number of nitrogens with zero attached hydrogens (tertiary/aromatic N) is 1. The van der Waals surface area contributed by atoms with E-state index in [4.69, 9.17) is 5.73 Å². The quantitative estimate of drug-likeness (QED) is 0.749. The van der Waals surface area contributed by atoms with Gasteiger partial charge in [-0.2, -0.15) is 0 Å². The smallest absolute Gasteiger partial charge is 0.00380 e. The first-order valence-electron chi connectivity index (χ1n) is 6.03. The molecule has 0 saturated carbocycles. The molecule has 1 heterocycles. The average molecular weight is 198 g/mol. The van der Waals surface area contributed by atoms with Gasteiger partial charge >= 0.3 is 0 Å². The third-order valence-corrected chi connectivity index (χ3v) is 4.10. The van der Waals surface area contributed by atoms with Crippen LogP contribution in [0.3, 0.4) is 0 Å². The highest BCUT2D eigenvalue weighted by Gasteiger charge is 2.37. The second-order valence-electron chi connectivity index (χ2n) is 5.05. The molecule has 14 heavy (non-hydrogen) atoms. The van der Waals surface area contributed by atoms with Crippen molar-refractivity contribution in [3.63, 3.8) is 0 Å². The summed E-state index contributed by atoms with van der Waals surface area (Å²) in [5.74, 6) is 0.814. The Morgan fingerprint density at radius 3 is 2.71 bits per heavy atom. The highest BCUT2D eigenvalue weighted by Crippen LogP contribution is 2.41. The van der Waals surface area contributed by atoms with Gasteiger partial charge in [0, 0.05) is 6.54 Å². The number of hydrogen-bond acceptors (Lipinski definition) is 2. The van der Waals surface area contributed by atoms with E-state index in [-0.39, 0.29) is 0 Å². The lowest BCUT2D eigenvalue weighted by atomic mass is 9.67. The zero-order valence-electron chi connectivity index (χ0n) is 10.1. The van der Waals surface area contributed by atoms with Gasteiger partial charge in [-0.3, -0.25) is 0 Å². The van der Waals surface area contributed by atoms with Crippen LogP contribution in [-0.4, -0.2) is 31.6 Å². The minimum absolute atomic E-state index is 0.510. The second-order valence-corrected chi connectivity index (χ2v) is 5.05. The van der Waals surface area contributed by atoms with Gasteiger partial charge < -0.3 is 10.6 Å². The largest absolute Gasteiger partial charge is 0.330 e. The molecule has 1 rings (SSSR count). The van der Waals surface area contributed by atoms with Crippen LogP contribution in [0.1, 0.15) is 39.5 Å². The van der Waals surface area contributed by atoms with Gasteiger partial charge in [0.1, 0.15) is 0 Å². The fraction of sp³-hybridized carbons (Fsp3) is 1.00. The molecule has 0 aromatic heterocycles. The van der Waals surface area contributed by atoms with Crippen LogP contribution < -0.4 is 5.73 Å². The molecule has 1 saturated heterocycles. The molecule has 0 amide bonds. The molecule has 2 heteroatoms. The number of rotatable bonds is 4. The van der Waals surface area contributed by atoms with E-state index in [2.05, 4.69) is 25.8 Å². The van der Waals surface area contributed by atoms with Crippen molar-refractivity contribution in [3.05, 3.63) is 0 Å².